The van der Waals surface area contributed by atoms with Crippen LogP contribution in [0.25, 0.3) is 22.6 Å². The maximum absolute atomic E-state index is 13.7. The lowest BCUT2D eigenvalue weighted by Gasteiger charge is -2.11. The minimum absolute atomic E-state index is 0.124. The zero-order valence-electron chi connectivity index (χ0n) is 15.0. The van der Waals surface area contributed by atoms with Crippen molar-refractivity contribution in [3.8, 4) is 17.2 Å². The number of fused-ring (bicyclic) bond motifs is 1. The molecule has 4 aromatic rings. The number of hydrogen-bond acceptors (Lipinski definition) is 7. The third kappa shape index (κ3) is 3.25. The van der Waals surface area contributed by atoms with Crippen molar-refractivity contribution in [2.75, 3.05) is 0 Å². The highest BCUT2D eigenvalue weighted by Gasteiger charge is 2.20. The summed E-state index contributed by atoms with van der Waals surface area (Å²) in [6.07, 6.45) is 0.971. The molecule has 3 aromatic heterocycles. The summed E-state index contributed by atoms with van der Waals surface area (Å²) in [4.78, 5) is 4.26. The van der Waals surface area contributed by atoms with Gasteiger partial charge in [-0.3, -0.25) is 0 Å². The van der Waals surface area contributed by atoms with Crippen LogP contribution >= 0.6 is 0 Å². The van der Waals surface area contributed by atoms with E-state index in [0.717, 1.165) is 11.1 Å². The van der Waals surface area contributed by atoms with Gasteiger partial charge in [0.2, 0.25) is 5.89 Å². The molecule has 0 fully saturated rings. The quantitative estimate of drug-likeness (QED) is 0.505. The molecular formula is C19H17FN4O3. The molecule has 3 heterocycles. The van der Waals surface area contributed by atoms with Gasteiger partial charge in [0.05, 0.1) is 16.6 Å². The van der Waals surface area contributed by atoms with Crippen LogP contribution in [0.2, 0.25) is 0 Å². The summed E-state index contributed by atoms with van der Waals surface area (Å²) in [7, 11) is 0. The maximum Gasteiger partial charge on any atom is 0.257 e. The van der Waals surface area contributed by atoms with Crippen LogP contribution in [0.1, 0.15) is 44.4 Å². The van der Waals surface area contributed by atoms with E-state index < -0.39 is 11.9 Å². The molecule has 4 rings (SSSR count). The van der Waals surface area contributed by atoms with E-state index in [-0.39, 0.29) is 17.6 Å². The predicted molar refractivity (Wildman–Crippen MR) is 94.6 cm³/mol. The van der Waals surface area contributed by atoms with Crippen LogP contribution in [0.4, 0.5) is 4.39 Å². The minimum atomic E-state index is -0.610. The Kier molecular flexibility index (Phi) is 4.31. The molecule has 0 saturated carbocycles. The molecule has 1 aromatic carbocycles. The number of halogens is 1. The second-order valence-corrected chi connectivity index (χ2v) is 6.44. The van der Waals surface area contributed by atoms with Crippen molar-refractivity contribution in [1.82, 2.24) is 20.3 Å². The van der Waals surface area contributed by atoms with Crippen molar-refractivity contribution in [2.24, 2.45) is 0 Å². The van der Waals surface area contributed by atoms with Crippen LogP contribution < -0.4 is 4.74 Å². The van der Waals surface area contributed by atoms with E-state index in [1.54, 1.807) is 31.3 Å². The van der Waals surface area contributed by atoms with E-state index in [0.29, 0.717) is 17.2 Å². The topological polar surface area (TPSA) is 87.1 Å². The van der Waals surface area contributed by atoms with Crippen LogP contribution in [0.15, 0.2) is 45.5 Å². The smallest absolute Gasteiger partial charge is 0.257 e. The highest BCUT2D eigenvalue weighted by molar-refractivity contribution is 5.80. The van der Waals surface area contributed by atoms with Gasteiger partial charge in [-0.25, -0.2) is 9.37 Å². The number of benzene rings is 1. The molecule has 8 heteroatoms. The lowest BCUT2D eigenvalue weighted by Crippen LogP contribution is -2.04. The van der Waals surface area contributed by atoms with Crippen molar-refractivity contribution in [3.63, 3.8) is 0 Å². The Morgan fingerprint density at radius 1 is 1.11 bits per heavy atom. The zero-order valence-corrected chi connectivity index (χ0v) is 15.0. The third-order valence-electron chi connectivity index (χ3n) is 4.08. The van der Waals surface area contributed by atoms with Gasteiger partial charge in [0.15, 0.2) is 17.7 Å². The first kappa shape index (κ1) is 17.1. The second kappa shape index (κ2) is 6.79. The Morgan fingerprint density at radius 2 is 1.93 bits per heavy atom. The molecule has 0 amide bonds. The normalized spacial score (nSPS) is 12.6. The van der Waals surface area contributed by atoms with Gasteiger partial charge >= 0.3 is 0 Å². The summed E-state index contributed by atoms with van der Waals surface area (Å²) < 4.78 is 30.3. The number of nitrogens with zero attached hydrogens (tertiary/aromatic N) is 4. The van der Waals surface area contributed by atoms with Crippen LogP contribution in [-0.4, -0.2) is 20.3 Å². The van der Waals surface area contributed by atoms with E-state index in [4.69, 9.17) is 13.7 Å². The highest BCUT2D eigenvalue weighted by Crippen LogP contribution is 2.29. The molecule has 0 N–H and O–H groups in total. The first-order valence-corrected chi connectivity index (χ1v) is 8.53. The lowest BCUT2D eigenvalue weighted by atomic mass is 10.1. The van der Waals surface area contributed by atoms with E-state index in [1.165, 1.54) is 6.07 Å². The summed E-state index contributed by atoms with van der Waals surface area (Å²) in [6.45, 7) is 5.76. The molecule has 0 aliphatic heterocycles. The molecule has 138 valence electrons. The molecule has 7 nitrogen and oxygen atoms in total. The molecular weight excluding hydrogens is 351 g/mol. The van der Waals surface area contributed by atoms with E-state index in [1.807, 2.05) is 19.9 Å². The number of hydrogen-bond donors (Lipinski definition) is 0. The van der Waals surface area contributed by atoms with E-state index in [2.05, 4.69) is 20.3 Å². The van der Waals surface area contributed by atoms with Gasteiger partial charge in [-0.15, -0.1) is 10.2 Å². The number of para-hydroxylation sites is 1. The molecule has 0 unspecified atom stereocenters. The molecule has 27 heavy (non-hydrogen) atoms. The lowest BCUT2D eigenvalue weighted by molar-refractivity contribution is 0.182. The van der Waals surface area contributed by atoms with Crippen molar-refractivity contribution in [3.05, 3.63) is 53.9 Å². The molecule has 1 atom stereocenters. The number of aromatic nitrogens is 4. The van der Waals surface area contributed by atoms with Gasteiger partial charge in [-0.1, -0.05) is 31.1 Å². The van der Waals surface area contributed by atoms with Crippen molar-refractivity contribution >= 4 is 11.1 Å². The molecule has 0 spiro atoms. The zero-order chi connectivity index (χ0) is 19.0. The van der Waals surface area contributed by atoms with Gasteiger partial charge in [-0.2, -0.15) is 0 Å². The Hall–Kier alpha value is -3.29. The standard InChI is InChI=1S/C19H17FN4O3/c1-10(2)16-13-8-12(9-21-19(13)27-24-16)18-23-22-17(26-18)11(3)25-15-7-5-4-6-14(15)20/h4-11H,1-3H3/t11-/m0/s1. The average Bonchev–Trinajstić information content (AvgIpc) is 3.30. The molecule has 0 saturated heterocycles. The fraction of sp³-hybridized carbons (Fsp3) is 0.263. The molecule has 0 aliphatic carbocycles. The van der Waals surface area contributed by atoms with Crippen LogP contribution in [0.5, 0.6) is 5.75 Å². The second-order valence-electron chi connectivity index (χ2n) is 6.44. The highest BCUT2D eigenvalue weighted by atomic mass is 19.1. The molecule has 0 radical (unpaired) electrons. The van der Waals surface area contributed by atoms with Crippen molar-refractivity contribution < 1.29 is 18.1 Å². The van der Waals surface area contributed by atoms with Crippen LogP contribution in [0.3, 0.4) is 0 Å². The maximum atomic E-state index is 13.7. The molecule has 0 bridgehead atoms. The van der Waals surface area contributed by atoms with Crippen LogP contribution in [-0.2, 0) is 0 Å². The fourth-order valence-corrected chi connectivity index (χ4v) is 2.68. The minimum Gasteiger partial charge on any atom is -0.478 e. The van der Waals surface area contributed by atoms with Gasteiger partial charge in [0.1, 0.15) is 0 Å². The SMILES string of the molecule is CC(C)c1noc2ncc(-c3nnc([C@H](C)Oc4ccccc4F)o3)cc12. The van der Waals surface area contributed by atoms with Gasteiger partial charge in [0, 0.05) is 6.20 Å². The predicted octanol–water partition coefficient (Wildman–Crippen LogP) is 4.68. The molecule has 0 aliphatic rings. The largest absolute Gasteiger partial charge is 0.478 e. The summed E-state index contributed by atoms with van der Waals surface area (Å²) >= 11 is 0. The fourth-order valence-electron chi connectivity index (χ4n) is 2.68. The number of pyridine rings is 1. The summed E-state index contributed by atoms with van der Waals surface area (Å²) in [5.41, 5.74) is 1.92. The Balaban J connectivity index is 1.61. The van der Waals surface area contributed by atoms with Gasteiger partial charge in [0.25, 0.3) is 11.6 Å². The Morgan fingerprint density at radius 3 is 2.70 bits per heavy atom. The first-order valence-electron chi connectivity index (χ1n) is 8.53. The van der Waals surface area contributed by atoms with Gasteiger partial charge < -0.3 is 13.7 Å². The van der Waals surface area contributed by atoms with E-state index in [9.17, 15) is 4.39 Å². The Labute approximate surface area is 154 Å². The average molecular weight is 368 g/mol. The van der Waals surface area contributed by atoms with E-state index >= 15 is 0 Å². The van der Waals surface area contributed by atoms with Crippen LogP contribution in [0, 0.1) is 5.82 Å². The Bertz CT molecular complexity index is 1090. The summed E-state index contributed by atoms with van der Waals surface area (Å²) in [5.74, 6) is 0.393. The van der Waals surface area contributed by atoms with Crippen molar-refractivity contribution in [1.29, 1.82) is 0 Å². The summed E-state index contributed by atoms with van der Waals surface area (Å²) in [6, 6.07) is 8.01. The number of rotatable bonds is 5. The monoisotopic (exact) mass is 368 g/mol. The summed E-state index contributed by atoms with van der Waals surface area (Å²) in [5, 5.41) is 12.9. The third-order valence-corrected chi connectivity index (χ3v) is 4.08. The van der Waals surface area contributed by atoms with Gasteiger partial charge in [-0.05, 0) is 31.0 Å². The first-order chi connectivity index (χ1) is 13.0. The van der Waals surface area contributed by atoms with Crippen molar-refractivity contribution in [2.45, 2.75) is 32.8 Å². The number of ether oxygens (including phenoxy) is 1.